The van der Waals surface area contributed by atoms with Crippen molar-refractivity contribution < 1.29 is 4.79 Å². The number of nitrogens with two attached hydrogens (primary N) is 1. The molecule has 1 aliphatic carbocycles. The molecule has 0 aliphatic heterocycles. The van der Waals surface area contributed by atoms with E-state index in [1.54, 1.807) is 11.8 Å². The Balaban J connectivity index is 2.32. The van der Waals surface area contributed by atoms with E-state index in [9.17, 15) is 4.79 Å². The summed E-state index contributed by atoms with van der Waals surface area (Å²) in [7, 11) is 0. The van der Waals surface area contributed by atoms with Crippen LogP contribution in [0.5, 0.6) is 0 Å². The molecule has 0 aromatic rings. The zero-order valence-corrected chi connectivity index (χ0v) is 10.9. The first-order chi connectivity index (χ1) is 7.79. The van der Waals surface area contributed by atoms with Crippen LogP contribution < -0.4 is 5.73 Å². The minimum atomic E-state index is 0.248. The normalized spacial score (nSPS) is 15.0. The van der Waals surface area contributed by atoms with Gasteiger partial charge >= 0.3 is 0 Å². The van der Waals surface area contributed by atoms with E-state index >= 15 is 0 Å². The second-order valence-corrected chi connectivity index (χ2v) is 5.03. The lowest BCUT2D eigenvalue weighted by atomic mass is 10.3. The van der Waals surface area contributed by atoms with Crippen molar-refractivity contribution in [2.45, 2.75) is 32.6 Å². The molecule has 0 aromatic heterocycles. The Kier molecular flexibility index (Phi) is 6.57. The SMILES string of the molecule is CCN(C(=O)CSCCCN)C1=CCCC1. The predicted molar refractivity (Wildman–Crippen MR) is 70.3 cm³/mol. The molecular weight excluding hydrogens is 220 g/mol. The Morgan fingerprint density at radius 1 is 1.62 bits per heavy atom. The van der Waals surface area contributed by atoms with Crippen LogP contribution in [0.3, 0.4) is 0 Å². The van der Waals surface area contributed by atoms with Crippen LogP contribution in [0.1, 0.15) is 32.6 Å². The van der Waals surface area contributed by atoms with E-state index in [0.717, 1.165) is 31.6 Å². The fraction of sp³-hybridized carbons (Fsp3) is 0.750. The monoisotopic (exact) mass is 242 g/mol. The van der Waals surface area contributed by atoms with Crippen molar-refractivity contribution in [2.75, 3.05) is 24.6 Å². The van der Waals surface area contributed by atoms with Crippen molar-refractivity contribution in [1.82, 2.24) is 4.90 Å². The summed E-state index contributed by atoms with van der Waals surface area (Å²) in [6.45, 7) is 3.55. The van der Waals surface area contributed by atoms with Crippen molar-refractivity contribution in [3.05, 3.63) is 11.8 Å². The van der Waals surface area contributed by atoms with Crippen molar-refractivity contribution in [3.8, 4) is 0 Å². The van der Waals surface area contributed by atoms with Gasteiger partial charge in [0, 0.05) is 12.2 Å². The molecule has 0 radical (unpaired) electrons. The summed E-state index contributed by atoms with van der Waals surface area (Å²) in [5.41, 5.74) is 6.64. The molecule has 0 atom stereocenters. The molecule has 0 saturated heterocycles. The Bertz CT molecular complexity index is 253. The molecule has 1 amide bonds. The third-order valence-electron chi connectivity index (χ3n) is 2.70. The first-order valence-electron chi connectivity index (χ1n) is 6.06. The summed E-state index contributed by atoms with van der Waals surface area (Å²) in [4.78, 5) is 13.9. The Hall–Kier alpha value is -0.480. The Labute approximate surface area is 102 Å². The van der Waals surface area contributed by atoms with Crippen LogP contribution in [0.15, 0.2) is 11.8 Å². The summed E-state index contributed by atoms with van der Waals surface area (Å²) in [6, 6.07) is 0. The highest BCUT2D eigenvalue weighted by molar-refractivity contribution is 7.99. The maximum absolute atomic E-state index is 12.0. The average molecular weight is 242 g/mol. The topological polar surface area (TPSA) is 46.3 Å². The minimum absolute atomic E-state index is 0.248. The zero-order valence-electron chi connectivity index (χ0n) is 10.1. The van der Waals surface area contributed by atoms with E-state index in [2.05, 4.69) is 6.08 Å². The number of rotatable bonds is 7. The van der Waals surface area contributed by atoms with Crippen molar-refractivity contribution in [3.63, 3.8) is 0 Å². The van der Waals surface area contributed by atoms with Crippen molar-refractivity contribution >= 4 is 17.7 Å². The van der Waals surface area contributed by atoms with Crippen molar-refractivity contribution in [2.24, 2.45) is 5.73 Å². The van der Waals surface area contributed by atoms with Gasteiger partial charge in [-0.2, -0.15) is 11.8 Å². The molecule has 0 unspecified atom stereocenters. The second kappa shape index (κ2) is 7.74. The number of nitrogens with zero attached hydrogens (tertiary/aromatic N) is 1. The molecule has 0 saturated carbocycles. The van der Waals surface area contributed by atoms with Gasteiger partial charge < -0.3 is 10.6 Å². The van der Waals surface area contributed by atoms with Gasteiger partial charge in [-0.15, -0.1) is 0 Å². The number of hydrogen-bond acceptors (Lipinski definition) is 3. The second-order valence-electron chi connectivity index (χ2n) is 3.92. The fourth-order valence-corrected chi connectivity index (χ4v) is 2.71. The summed E-state index contributed by atoms with van der Waals surface area (Å²) in [5, 5.41) is 0. The molecule has 92 valence electrons. The molecular formula is C12H22N2OS. The largest absolute Gasteiger partial charge is 0.330 e. The van der Waals surface area contributed by atoms with E-state index in [-0.39, 0.29) is 5.91 Å². The van der Waals surface area contributed by atoms with E-state index in [0.29, 0.717) is 12.3 Å². The lowest BCUT2D eigenvalue weighted by molar-refractivity contribution is -0.126. The summed E-state index contributed by atoms with van der Waals surface area (Å²) >= 11 is 1.69. The van der Waals surface area contributed by atoms with Gasteiger partial charge in [-0.3, -0.25) is 4.79 Å². The number of carbonyl (C=O) groups is 1. The molecule has 0 spiro atoms. The minimum Gasteiger partial charge on any atom is -0.330 e. The van der Waals surface area contributed by atoms with Gasteiger partial charge in [-0.1, -0.05) is 6.08 Å². The quantitative estimate of drug-likeness (QED) is 0.694. The predicted octanol–water partition coefficient (Wildman–Crippen LogP) is 1.98. The molecule has 4 heteroatoms. The molecule has 1 rings (SSSR count). The first-order valence-corrected chi connectivity index (χ1v) is 7.22. The van der Waals surface area contributed by atoms with Gasteiger partial charge in [0.25, 0.3) is 0 Å². The highest BCUT2D eigenvalue weighted by Crippen LogP contribution is 2.22. The summed E-state index contributed by atoms with van der Waals surface area (Å²) in [6.07, 6.45) is 6.57. The zero-order chi connectivity index (χ0) is 11.8. The van der Waals surface area contributed by atoms with Crippen LogP contribution in [0.25, 0.3) is 0 Å². The van der Waals surface area contributed by atoms with Gasteiger partial charge in [0.15, 0.2) is 0 Å². The molecule has 0 fully saturated rings. The number of allylic oxidation sites excluding steroid dienone is 2. The lowest BCUT2D eigenvalue weighted by Gasteiger charge is -2.22. The van der Waals surface area contributed by atoms with Crippen LogP contribution in [0.2, 0.25) is 0 Å². The molecule has 0 heterocycles. The lowest BCUT2D eigenvalue weighted by Crippen LogP contribution is -2.31. The molecule has 1 aliphatic rings. The fourth-order valence-electron chi connectivity index (χ4n) is 1.86. The number of carbonyl (C=O) groups excluding carboxylic acids is 1. The molecule has 2 N–H and O–H groups in total. The standard InChI is InChI=1S/C12H22N2OS/c1-2-14(11-6-3-4-7-11)12(15)10-16-9-5-8-13/h6H,2-5,7-10,13H2,1H3. The van der Waals surface area contributed by atoms with E-state index in [4.69, 9.17) is 5.73 Å². The van der Waals surface area contributed by atoms with Crippen LogP contribution in [-0.2, 0) is 4.79 Å². The van der Waals surface area contributed by atoms with Crippen LogP contribution in [-0.4, -0.2) is 35.4 Å². The van der Waals surface area contributed by atoms with Crippen LogP contribution >= 0.6 is 11.8 Å². The van der Waals surface area contributed by atoms with Crippen molar-refractivity contribution in [1.29, 1.82) is 0 Å². The number of amides is 1. The van der Waals surface area contributed by atoms with Crippen LogP contribution in [0, 0.1) is 0 Å². The number of hydrogen-bond donors (Lipinski definition) is 1. The van der Waals surface area contributed by atoms with Gasteiger partial charge in [0.1, 0.15) is 0 Å². The average Bonchev–Trinajstić information content (AvgIpc) is 2.79. The van der Waals surface area contributed by atoms with Gasteiger partial charge in [0.05, 0.1) is 5.75 Å². The van der Waals surface area contributed by atoms with E-state index in [1.807, 2.05) is 11.8 Å². The smallest absolute Gasteiger partial charge is 0.236 e. The van der Waals surface area contributed by atoms with Gasteiger partial charge in [0.2, 0.25) is 5.91 Å². The molecule has 16 heavy (non-hydrogen) atoms. The Morgan fingerprint density at radius 3 is 3.00 bits per heavy atom. The molecule has 3 nitrogen and oxygen atoms in total. The molecule has 0 bridgehead atoms. The van der Waals surface area contributed by atoms with E-state index in [1.165, 1.54) is 12.1 Å². The van der Waals surface area contributed by atoms with E-state index < -0.39 is 0 Å². The van der Waals surface area contributed by atoms with Gasteiger partial charge in [-0.05, 0) is 44.9 Å². The highest BCUT2D eigenvalue weighted by Gasteiger charge is 2.17. The van der Waals surface area contributed by atoms with Gasteiger partial charge in [-0.25, -0.2) is 0 Å². The molecule has 0 aromatic carbocycles. The first kappa shape index (κ1) is 13.6. The number of thioether (sulfide) groups is 1. The van der Waals surface area contributed by atoms with Crippen LogP contribution in [0.4, 0.5) is 0 Å². The maximum atomic E-state index is 12.0. The Morgan fingerprint density at radius 2 is 2.44 bits per heavy atom. The highest BCUT2D eigenvalue weighted by atomic mass is 32.2. The summed E-state index contributed by atoms with van der Waals surface area (Å²) < 4.78 is 0. The third-order valence-corrected chi connectivity index (χ3v) is 3.73. The third kappa shape index (κ3) is 4.18. The maximum Gasteiger partial charge on any atom is 0.236 e. The summed E-state index contributed by atoms with van der Waals surface area (Å²) in [5.74, 6) is 1.82.